The number of hydrogen-bond acceptors (Lipinski definition) is 2. The van der Waals surface area contributed by atoms with Crippen molar-refractivity contribution in [2.45, 2.75) is 20.4 Å². The highest BCUT2D eigenvalue weighted by molar-refractivity contribution is 5.02. The van der Waals surface area contributed by atoms with Crippen LogP contribution in [0.15, 0.2) is 10.9 Å². The first kappa shape index (κ1) is 13.6. The highest BCUT2D eigenvalue weighted by atomic mass is 127. The number of halogens is 1. The first-order valence-electron chi connectivity index (χ1n) is 4.26. The smallest absolute Gasteiger partial charge is 0.498 e. The number of aryl methyl sites for hydroxylation is 2. The number of rotatable bonds is 2. The second-order valence-electron chi connectivity index (χ2n) is 3.14. The zero-order valence-electron chi connectivity index (χ0n) is 8.62. The van der Waals surface area contributed by atoms with Gasteiger partial charge in [0.15, 0.2) is 0 Å². The van der Waals surface area contributed by atoms with Crippen LogP contribution in [0.3, 0.4) is 0 Å². The highest BCUT2D eigenvalue weighted by Crippen LogP contribution is 1.94. The fourth-order valence-electron chi connectivity index (χ4n) is 1.33. The molecule has 4 nitrogen and oxygen atoms in total. The summed E-state index contributed by atoms with van der Waals surface area (Å²) < 4.78 is 3.13. The van der Waals surface area contributed by atoms with Gasteiger partial charge >= 0.3 is 5.69 Å². The molecule has 80 valence electrons. The summed E-state index contributed by atoms with van der Waals surface area (Å²) in [4.78, 5) is 11.6. The Labute approximate surface area is 100 Å². The molecule has 1 aromatic rings. The van der Waals surface area contributed by atoms with E-state index in [9.17, 15) is 4.79 Å². The van der Waals surface area contributed by atoms with Crippen LogP contribution in [0.25, 0.3) is 0 Å². The summed E-state index contributed by atoms with van der Waals surface area (Å²) in [5, 5.41) is 8.76. The second kappa shape index (κ2) is 5.45. The van der Waals surface area contributed by atoms with Crippen molar-refractivity contribution in [3.05, 3.63) is 27.9 Å². The second-order valence-corrected chi connectivity index (χ2v) is 3.14. The molecule has 0 aromatic carbocycles. The molecule has 0 bridgehead atoms. The van der Waals surface area contributed by atoms with Crippen LogP contribution in [0.2, 0.25) is 0 Å². The first-order valence-corrected chi connectivity index (χ1v) is 4.26. The Morgan fingerprint density at radius 1 is 1.50 bits per heavy atom. The van der Waals surface area contributed by atoms with E-state index in [2.05, 4.69) is 0 Å². The third-order valence-electron chi connectivity index (χ3n) is 2.21. The lowest BCUT2D eigenvalue weighted by atomic mass is 10.3. The molecular formula is C9H15IN2O2. The van der Waals surface area contributed by atoms with Crippen molar-refractivity contribution < 1.29 is 33.7 Å². The van der Waals surface area contributed by atoms with E-state index in [4.69, 9.17) is 5.11 Å². The summed E-state index contributed by atoms with van der Waals surface area (Å²) in [6.07, 6.45) is 0. The van der Waals surface area contributed by atoms with E-state index in [1.807, 2.05) is 19.9 Å². The Kier molecular flexibility index (Phi) is 5.28. The number of aliphatic hydroxyl groups is 1. The van der Waals surface area contributed by atoms with Crippen molar-refractivity contribution >= 4 is 0 Å². The van der Waals surface area contributed by atoms with E-state index in [1.54, 1.807) is 16.2 Å². The first-order chi connectivity index (χ1) is 6.07. The number of aliphatic hydroxyl groups excluding tert-OH is 1. The Balaban J connectivity index is 0.00000169. The Bertz CT molecular complexity index is 374. The monoisotopic (exact) mass is 310 g/mol. The summed E-state index contributed by atoms with van der Waals surface area (Å²) in [6.45, 7) is 4.10. The van der Waals surface area contributed by atoms with E-state index in [0.717, 1.165) is 11.4 Å². The average molecular weight is 310 g/mol. The normalized spacial score (nSPS) is 9.71. The largest absolute Gasteiger partial charge is 1.00 e. The van der Waals surface area contributed by atoms with Gasteiger partial charge in [-0.1, -0.05) is 0 Å². The number of nitrogens with zero attached hydrogens (tertiary/aromatic N) is 2. The molecule has 0 atom stereocenters. The van der Waals surface area contributed by atoms with Gasteiger partial charge in [0.25, 0.3) is 0 Å². The molecule has 0 aliphatic carbocycles. The molecule has 0 fully saturated rings. The maximum atomic E-state index is 11.6. The summed E-state index contributed by atoms with van der Waals surface area (Å²) >= 11 is 0. The molecule has 0 radical (unpaired) electrons. The van der Waals surface area contributed by atoms with Gasteiger partial charge in [-0.15, -0.1) is 0 Å². The van der Waals surface area contributed by atoms with E-state index in [0.29, 0.717) is 6.54 Å². The van der Waals surface area contributed by atoms with Crippen LogP contribution in [-0.4, -0.2) is 16.3 Å². The minimum absolute atomic E-state index is 0. The van der Waals surface area contributed by atoms with Crippen LogP contribution in [0.4, 0.5) is 0 Å². The van der Waals surface area contributed by atoms with Gasteiger partial charge in [-0.25, -0.2) is 0 Å². The van der Waals surface area contributed by atoms with Gasteiger partial charge in [0.05, 0.1) is 13.7 Å². The van der Waals surface area contributed by atoms with Crippen molar-refractivity contribution in [1.82, 2.24) is 4.57 Å². The van der Waals surface area contributed by atoms with Crippen LogP contribution in [0.5, 0.6) is 0 Å². The molecule has 0 spiro atoms. The van der Waals surface area contributed by atoms with E-state index < -0.39 is 0 Å². The minimum Gasteiger partial charge on any atom is -1.00 e. The van der Waals surface area contributed by atoms with Gasteiger partial charge in [-0.3, -0.25) is 0 Å². The van der Waals surface area contributed by atoms with E-state index in [1.165, 1.54) is 0 Å². The quantitative estimate of drug-likeness (QED) is 0.451. The SMILES string of the molecule is Cc1cc(C)[n+](C)c(=O)n1CCO.[I-]. The van der Waals surface area contributed by atoms with Crippen molar-refractivity contribution in [3.63, 3.8) is 0 Å². The molecule has 1 aromatic heterocycles. The molecule has 1 heterocycles. The van der Waals surface area contributed by atoms with Crippen LogP contribution in [0.1, 0.15) is 11.4 Å². The molecule has 1 N–H and O–H groups in total. The Morgan fingerprint density at radius 3 is 2.57 bits per heavy atom. The fraction of sp³-hybridized carbons (Fsp3) is 0.556. The van der Waals surface area contributed by atoms with Crippen molar-refractivity contribution in [3.8, 4) is 0 Å². The average Bonchev–Trinajstić information content (AvgIpc) is 2.09. The van der Waals surface area contributed by atoms with Crippen molar-refractivity contribution in [2.24, 2.45) is 7.05 Å². The molecule has 0 unspecified atom stereocenters. The number of aromatic nitrogens is 2. The molecule has 14 heavy (non-hydrogen) atoms. The summed E-state index contributed by atoms with van der Waals surface area (Å²) in [6, 6.07) is 1.93. The minimum atomic E-state index is -0.0773. The van der Waals surface area contributed by atoms with Gasteiger partial charge in [0.1, 0.15) is 17.9 Å². The predicted molar refractivity (Wildman–Crippen MR) is 48.4 cm³/mol. The molecule has 0 saturated carbocycles. The summed E-state index contributed by atoms with van der Waals surface area (Å²) in [5.41, 5.74) is 1.73. The molecule has 0 saturated heterocycles. The van der Waals surface area contributed by atoms with Crippen molar-refractivity contribution in [2.75, 3.05) is 6.61 Å². The lowest BCUT2D eigenvalue weighted by Gasteiger charge is -2.03. The zero-order valence-corrected chi connectivity index (χ0v) is 10.8. The van der Waals surface area contributed by atoms with Gasteiger partial charge < -0.3 is 29.1 Å². The van der Waals surface area contributed by atoms with Gasteiger partial charge in [0.2, 0.25) is 0 Å². The van der Waals surface area contributed by atoms with Crippen LogP contribution in [-0.2, 0) is 13.6 Å². The number of hydrogen-bond donors (Lipinski definition) is 1. The third kappa shape index (κ3) is 2.54. The molecule has 0 amide bonds. The van der Waals surface area contributed by atoms with E-state index in [-0.39, 0.29) is 36.3 Å². The zero-order chi connectivity index (χ0) is 10.0. The fourth-order valence-corrected chi connectivity index (χ4v) is 1.33. The Morgan fingerprint density at radius 2 is 2.07 bits per heavy atom. The van der Waals surface area contributed by atoms with E-state index >= 15 is 0 Å². The molecule has 1 rings (SSSR count). The Hall–Kier alpha value is -0.430. The lowest BCUT2D eigenvalue weighted by molar-refractivity contribution is -0.697. The standard InChI is InChI=1S/C9H15N2O2.HI/c1-7-6-8(2)11(4-5-12)9(13)10(7)3;/h6,12H,4-5H2,1-3H3;1H/q+1;/p-1. The van der Waals surface area contributed by atoms with Gasteiger partial charge in [-0.2, -0.15) is 13.9 Å². The molecule has 0 aliphatic rings. The van der Waals surface area contributed by atoms with Crippen LogP contribution < -0.4 is 34.2 Å². The van der Waals surface area contributed by atoms with Gasteiger partial charge in [0, 0.05) is 6.07 Å². The maximum Gasteiger partial charge on any atom is 0.498 e. The molecule has 0 aliphatic heterocycles. The summed E-state index contributed by atoms with van der Waals surface area (Å²) in [7, 11) is 1.73. The maximum absolute atomic E-state index is 11.6. The highest BCUT2D eigenvalue weighted by Gasteiger charge is 2.12. The lowest BCUT2D eigenvalue weighted by Crippen LogP contribution is -3.00. The summed E-state index contributed by atoms with van der Waals surface area (Å²) in [5.74, 6) is 0. The topological polar surface area (TPSA) is 46.1 Å². The van der Waals surface area contributed by atoms with Crippen molar-refractivity contribution in [1.29, 1.82) is 0 Å². The third-order valence-corrected chi connectivity index (χ3v) is 2.21. The molecular weight excluding hydrogens is 295 g/mol. The van der Waals surface area contributed by atoms with Crippen LogP contribution in [0, 0.1) is 13.8 Å². The molecule has 5 heteroatoms. The van der Waals surface area contributed by atoms with Crippen LogP contribution >= 0.6 is 0 Å². The van der Waals surface area contributed by atoms with Gasteiger partial charge in [-0.05, 0) is 13.8 Å². The predicted octanol–water partition coefficient (Wildman–Crippen LogP) is -3.71.